The highest BCUT2D eigenvalue weighted by Gasteiger charge is 2.21. The van der Waals surface area contributed by atoms with Gasteiger partial charge < -0.3 is 18.6 Å². The minimum absolute atomic E-state index is 0.0320. The summed E-state index contributed by atoms with van der Waals surface area (Å²) in [5.74, 6) is 0.110. The highest BCUT2D eigenvalue weighted by Crippen LogP contribution is 2.39. The van der Waals surface area contributed by atoms with Crippen LogP contribution < -0.4 is 19.8 Å². The molecule has 0 unspecified atom stereocenters. The normalized spacial score (nSPS) is 11.2. The monoisotopic (exact) mass is 458 g/mol. The van der Waals surface area contributed by atoms with E-state index in [4.69, 9.17) is 18.6 Å². The standard InChI is InChI=1S/C27H38O6/c1-4-6-8-10-11-12-13-15-20-31-26-25(30-19-14-9-7-5-2)24-22(32-21(3)28)17-16-18-23(24)33-27(26)29/h7,9,16-18H,4-6,8,10-15,19-20H2,1-3H3. The Labute approximate surface area is 196 Å². The third-order valence-electron chi connectivity index (χ3n) is 5.24. The summed E-state index contributed by atoms with van der Waals surface area (Å²) in [6, 6.07) is 4.96. The summed E-state index contributed by atoms with van der Waals surface area (Å²) in [5, 5.41) is 0.428. The second-order valence-corrected chi connectivity index (χ2v) is 8.11. The van der Waals surface area contributed by atoms with E-state index in [0.29, 0.717) is 25.0 Å². The number of carbonyl (C=O) groups excluding carboxylic acids is 1. The Balaban J connectivity index is 2.16. The molecule has 0 saturated heterocycles. The number of hydrogen-bond donors (Lipinski definition) is 0. The molecule has 0 saturated carbocycles. The molecule has 6 nitrogen and oxygen atoms in total. The topological polar surface area (TPSA) is 75.0 Å². The maximum Gasteiger partial charge on any atom is 0.383 e. The number of ether oxygens (including phenoxy) is 3. The van der Waals surface area contributed by atoms with Crippen LogP contribution >= 0.6 is 0 Å². The van der Waals surface area contributed by atoms with Crippen LogP contribution in [-0.2, 0) is 4.79 Å². The van der Waals surface area contributed by atoms with E-state index in [1.54, 1.807) is 18.2 Å². The molecule has 0 radical (unpaired) electrons. The predicted octanol–water partition coefficient (Wildman–Crippen LogP) is 6.97. The van der Waals surface area contributed by atoms with E-state index in [-0.39, 0.29) is 22.8 Å². The molecule has 1 heterocycles. The predicted molar refractivity (Wildman–Crippen MR) is 131 cm³/mol. The molecule has 0 aliphatic carbocycles. The quantitative estimate of drug-likeness (QED) is 0.0888. The number of rotatable bonds is 16. The van der Waals surface area contributed by atoms with E-state index in [1.807, 2.05) is 6.08 Å². The van der Waals surface area contributed by atoms with Crippen molar-refractivity contribution in [2.45, 2.75) is 85.0 Å². The molecule has 0 spiro atoms. The van der Waals surface area contributed by atoms with Gasteiger partial charge in [0, 0.05) is 6.92 Å². The molecule has 1 aromatic heterocycles. The van der Waals surface area contributed by atoms with Gasteiger partial charge in [-0.15, -0.1) is 0 Å². The van der Waals surface area contributed by atoms with Gasteiger partial charge in [0.2, 0.25) is 5.75 Å². The number of benzene rings is 1. The number of unbranched alkanes of at least 4 members (excludes halogenated alkanes) is 7. The van der Waals surface area contributed by atoms with Crippen LogP contribution in [0.3, 0.4) is 0 Å². The Morgan fingerprint density at radius 1 is 0.909 bits per heavy atom. The van der Waals surface area contributed by atoms with Crippen molar-refractivity contribution in [3.63, 3.8) is 0 Å². The maximum absolute atomic E-state index is 12.7. The second-order valence-electron chi connectivity index (χ2n) is 8.11. The van der Waals surface area contributed by atoms with E-state index >= 15 is 0 Å². The number of hydrogen-bond acceptors (Lipinski definition) is 6. The second kappa shape index (κ2) is 15.1. The molecule has 2 aromatic rings. The van der Waals surface area contributed by atoms with Crippen molar-refractivity contribution in [3.05, 3.63) is 40.8 Å². The van der Waals surface area contributed by atoms with Crippen molar-refractivity contribution in [3.8, 4) is 17.2 Å². The molecule has 0 aliphatic heterocycles. The first-order valence-corrected chi connectivity index (χ1v) is 12.3. The molecule has 33 heavy (non-hydrogen) atoms. The highest BCUT2D eigenvalue weighted by atomic mass is 16.5. The molecular weight excluding hydrogens is 420 g/mol. The summed E-state index contributed by atoms with van der Waals surface area (Å²) in [6.07, 6.45) is 15.1. The van der Waals surface area contributed by atoms with Crippen LogP contribution in [0.1, 0.15) is 85.0 Å². The van der Waals surface area contributed by atoms with Gasteiger partial charge in [0.25, 0.3) is 0 Å². The van der Waals surface area contributed by atoms with Gasteiger partial charge in [0.1, 0.15) is 16.7 Å². The van der Waals surface area contributed by atoms with Gasteiger partial charge in [-0.1, -0.05) is 77.0 Å². The van der Waals surface area contributed by atoms with Crippen molar-refractivity contribution in [2.24, 2.45) is 0 Å². The fourth-order valence-electron chi connectivity index (χ4n) is 3.60. The van der Waals surface area contributed by atoms with Gasteiger partial charge in [-0.05, 0) is 31.4 Å². The van der Waals surface area contributed by atoms with Crippen LogP contribution in [-0.4, -0.2) is 19.2 Å². The van der Waals surface area contributed by atoms with Crippen LogP contribution in [0.25, 0.3) is 11.0 Å². The van der Waals surface area contributed by atoms with E-state index < -0.39 is 11.6 Å². The molecule has 0 atom stereocenters. The van der Waals surface area contributed by atoms with Crippen LogP contribution in [0.4, 0.5) is 0 Å². The van der Waals surface area contributed by atoms with Crippen molar-refractivity contribution in [1.29, 1.82) is 0 Å². The molecular formula is C27H38O6. The first-order valence-electron chi connectivity index (χ1n) is 12.3. The number of fused-ring (bicyclic) bond motifs is 1. The van der Waals surface area contributed by atoms with Gasteiger partial charge in [0.15, 0.2) is 5.75 Å². The van der Waals surface area contributed by atoms with Gasteiger partial charge >= 0.3 is 11.6 Å². The smallest absolute Gasteiger partial charge is 0.383 e. The lowest BCUT2D eigenvalue weighted by atomic mass is 10.1. The fourth-order valence-corrected chi connectivity index (χ4v) is 3.60. The summed E-state index contributed by atoms with van der Waals surface area (Å²) >= 11 is 0. The van der Waals surface area contributed by atoms with Crippen molar-refractivity contribution >= 4 is 16.9 Å². The van der Waals surface area contributed by atoms with E-state index in [1.165, 1.54) is 39.0 Å². The van der Waals surface area contributed by atoms with Gasteiger partial charge in [0.05, 0.1) is 13.2 Å². The van der Waals surface area contributed by atoms with Crippen LogP contribution in [0, 0.1) is 0 Å². The van der Waals surface area contributed by atoms with Gasteiger partial charge in [-0.3, -0.25) is 4.79 Å². The molecule has 2 rings (SSSR count). The Morgan fingerprint density at radius 3 is 2.30 bits per heavy atom. The van der Waals surface area contributed by atoms with E-state index in [9.17, 15) is 9.59 Å². The SMILES string of the molecule is CCC=CCCOc1c(OCCCCCCCCCC)c(=O)oc2cccc(OC(C)=O)c12. The molecule has 0 amide bonds. The fraction of sp³-hybridized carbons (Fsp3) is 0.556. The molecule has 0 fully saturated rings. The molecule has 182 valence electrons. The average Bonchev–Trinajstić information content (AvgIpc) is 2.78. The largest absolute Gasteiger partial charge is 0.488 e. The zero-order valence-electron chi connectivity index (χ0n) is 20.3. The molecule has 6 heteroatoms. The molecule has 1 aromatic carbocycles. The summed E-state index contributed by atoms with van der Waals surface area (Å²) in [6.45, 7) is 6.36. The molecule has 0 aliphatic rings. The van der Waals surface area contributed by atoms with Gasteiger partial charge in [-0.2, -0.15) is 0 Å². The van der Waals surface area contributed by atoms with Gasteiger partial charge in [-0.25, -0.2) is 4.79 Å². The van der Waals surface area contributed by atoms with E-state index in [0.717, 1.165) is 25.7 Å². The van der Waals surface area contributed by atoms with E-state index in [2.05, 4.69) is 19.9 Å². The average molecular weight is 459 g/mol. The van der Waals surface area contributed by atoms with Crippen LogP contribution in [0.5, 0.6) is 17.2 Å². The van der Waals surface area contributed by atoms with Crippen molar-refractivity contribution in [2.75, 3.05) is 13.2 Å². The van der Waals surface area contributed by atoms with Crippen LogP contribution in [0.2, 0.25) is 0 Å². The number of esters is 1. The summed E-state index contributed by atoms with van der Waals surface area (Å²) in [5.41, 5.74) is -0.307. The molecule has 0 bridgehead atoms. The minimum Gasteiger partial charge on any atom is -0.488 e. The maximum atomic E-state index is 12.7. The Hall–Kier alpha value is -2.76. The summed E-state index contributed by atoms with van der Waals surface area (Å²) in [4.78, 5) is 24.3. The number of carbonyl (C=O) groups is 1. The van der Waals surface area contributed by atoms with Crippen molar-refractivity contribution in [1.82, 2.24) is 0 Å². The summed E-state index contributed by atoms with van der Waals surface area (Å²) < 4.78 is 22.7. The summed E-state index contributed by atoms with van der Waals surface area (Å²) in [7, 11) is 0. The third-order valence-corrected chi connectivity index (χ3v) is 5.24. The zero-order chi connectivity index (χ0) is 23.9. The lowest BCUT2D eigenvalue weighted by Gasteiger charge is -2.15. The Bertz CT molecular complexity index is 944. The Morgan fingerprint density at radius 2 is 1.61 bits per heavy atom. The lowest BCUT2D eigenvalue weighted by Crippen LogP contribution is -2.12. The molecule has 0 N–H and O–H groups in total. The number of allylic oxidation sites excluding steroid dienone is 1. The van der Waals surface area contributed by atoms with Crippen LogP contribution in [0.15, 0.2) is 39.6 Å². The minimum atomic E-state index is -0.596. The first kappa shape index (κ1) is 26.5. The Kier molecular flexibility index (Phi) is 12.2. The lowest BCUT2D eigenvalue weighted by molar-refractivity contribution is -0.131. The van der Waals surface area contributed by atoms with Crippen molar-refractivity contribution < 1.29 is 23.4 Å². The zero-order valence-corrected chi connectivity index (χ0v) is 20.3. The first-order chi connectivity index (χ1) is 16.1. The highest BCUT2D eigenvalue weighted by molar-refractivity contribution is 5.93. The third kappa shape index (κ3) is 8.95.